The van der Waals surface area contributed by atoms with Gasteiger partial charge in [0.25, 0.3) is 0 Å². The third kappa shape index (κ3) is 3.49. The minimum atomic E-state index is -0.406. The van der Waals surface area contributed by atoms with Crippen LogP contribution in [0.15, 0.2) is 53.3 Å². The number of rotatable bonds is 5. The Balaban J connectivity index is 1.67. The van der Waals surface area contributed by atoms with Crippen LogP contribution >= 0.6 is 15.9 Å². The van der Waals surface area contributed by atoms with Gasteiger partial charge in [-0.1, -0.05) is 30.3 Å². The highest BCUT2D eigenvalue weighted by molar-refractivity contribution is 9.10. The number of hydrogen-bond acceptors (Lipinski definition) is 4. The molecule has 0 atom stereocenters. The van der Waals surface area contributed by atoms with Gasteiger partial charge in [0, 0.05) is 0 Å². The maximum atomic E-state index is 16.0. The van der Waals surface area contributed by atoms with Crippen molar-refractivity contribution in [2.45, 2.75) is 32.9 Å². The Morgan fingerprint density at radius 3 is 2.62 bits per heavy atom. The summed E-state index contributed by atoms with van der Waals surface area (Å²) in [5.74, 6) is 0.407. The molecule has 0 spiro atoms. The summed E-state index contributed by atoms with van der Waals surface area (Å²) in [6, 6.07) is 13.5. The van der Waals surface area contributed by atoms with Crippen LogP contribution in [0, 0.1) is 19.7 Å². The average Bonchev–Trinajstić information content (AvgIpc) is 3.13. The summed E-state index contributed by atoms with van der Waals surface area (Å²) in [6.45, 7) is 7.30. The molecule has 3 heterocycles. The van der Waals surface area contributed by atoms with Gasteiger partial charge in [-0.05, 0) is 65.5 Å². The molecule has 2 aromatic heterocycles. The number of nitrogens with zero attached hydrogens (tertiary/aromatic N) is 3. The number of imidazole rings is 1. The zero-order valence-corrected chi connectivity index (χ0v) is 19.7. The average molecular weight is 496 g/mol. The predicted molar refractivity (Wildman–Crippen MR) is 125 cm³/mol. The third-order valence-corrected chi connectivity index (χ3v) is 6.50. The SMILES string of the molecule is Cc1cc(-c2nc3cc(Br)ncc3n2C2(C)COC2)c(F)c(OCc2ccccc2)c1C. The van der Waals surface area contributed by atoms with E-state index in [1.165, 1.54) is 0 Å². The number of benzene rings is 2. The van der Waals surface area contributed by atoms with Gasteiger partial charge in [0.05, 0.1) is 41.5 Å². The Hall–Kier alpha value is -2.77. The maximum Gasteiger partial charge on any atom is 0.176 e. The van der Waals surface area contributed by atoms with Crippen molar-refractivity contribution in [1.82, 2.24) is 14.5 Å². The fraction of sp³-hybridized carbons (Fsp3) is 0.280. The summed E-state index contributed by atoms with van der Waals surface area (Å²) >= 11 is 3.41. The molecule has 0 bridgehead atoms. The van der Waals surface area contributed by atoms with Crippen molar-refractivity contribution < 1.29 is 13.9 Å². The fourth-order valence-corrected chi connectivity index (χ4v) is 4.44. The first-order valence-corrected chi connectivity index (χ1v) is 11.3. The Bertz CT molecular complexity index is 1320. The molecule has 0 unspecified atom stereocenters. The van der Waals surface area contributed by atoms with Crippen LogP contribution in [0.1, 0.15) is 23.6 Å². The number of pyridine rings is 1. The van der Waals surface area contributed by atoms with Gasteiger partial charge in [-0.25, -0.2) is 14.4 Å². The summed E-state index contributed by atoms with van der Waals surface area (Å²) in [4.78, 5) is 9.20. The maximum absolute atomic E-state index is 16.0. The van der Waals surface area contributed by atoms with E-state index in [1.54, 1.807) is 6.20 Å². The van der Waals surface area contributed by atoms with E-state index in [2.05, 4.69) is 32.4 Å². The van der Waals surface area contributed by atoms with E-state index >= 15 is 4.39 Å². The number of hydrogen-bond donors (Lipinski definition) is 0. The van der Waals surface area contributed by atoms with Crippen LogP contribution in [-0.2, 0) is 16.9 Å². The van der Waals surface area contributed by atoms with Gasteiger partial charge in [-0.15, -0.1) is 0 Å². The van der Waals surface area contributed by atoms with Gasteiger partial charge >= 0.3 is 0 Å². The summed E-state index contributed by atoms with van der Waals surface area (Å²) in [5.41, 5.74) is 4.39. The van der Waals surface area contributed by atoms with Gasteiger partial charge in [0.15, 0.2) is 11.6 Å². The molecule has 1 aliphatic heterocycles. The lowest BCUT2D eigenvalue weighted by Gasteiger charge is -2.40. The Labute approximate surface area is 194 Å². The molecule has 1 aliphatic rings. The molecule has 5 rings (SSSR count). The molecule has 7 heteroatoms. The molecule has 4 aromatic rings. The first kappa shape index (κ1) is 21.1. The van der Waals surface area contributed by atoms with E-state index in [-0.39, 0.29) is 11.3 Å². The summed E-state index contributed by atoms with van der Waals surface area (Å²) in [7, 11) is 0. The van der Waals surface area contributed by atoms with E-state index < -0.39 is 5.82 Å². The summed E-state index contributed by atoms with van der Waals surface area (Å²) in [6.07, 6.45) is 1.77. The second kappa shape index (κ2) is 7.98. The predicted octanol–water partition coefficient (Wildman–Crippen LogP) is 5.94. The second-order valence-corrected chi connectivity index (χ2v) is 9.35. The molecule has 1 saturated heterocycles. The highest BCUT2D eigenvalue weighted by Crippen LogP contribution is 2.40. The zero-order valence-electron chi connectivity index (χ0n) is 18.2. The van der Waals surface area contributed by atoms with Crippen LogP contribution in [0.2, 0.25) is 0 Å². The molecule has 5 nitrogen and oxygen atoms in total. The van der Waals surface area contributed by atoms with Gasteiger partial charge in [-0.2, -0.15) is 0 Å². The van der Waals surface area contributed by atoms with E-state index in [4.69, 9.17) is 14.5 Å². The summed E-state index contributed by atoms with van der Waals surface area (Å²) < 4.78 is 30.2. The molecule has 0 aliphatic carbocycles. The molecular formula is C25H23BrFN3O2. The Morgan fingerprint density at radius 1 is 1.19 bits per heavy atom. The smallest absolute Gasteiger partial charge is 0.176 e. The van der Waals surface area contributed by atoms with Gasteiger partial charge < -0.3 is 14.0 Å². The lowest BCUT2D eigenvalue weighted by Crippen LogP contribution is -2.49. The molecular weight excluding hydrogens is 473 g/mol. The highest BCUT2D eigenvalue weighted by atomic mass is 79.9. The van der Waals surface area contributed by atoms with Crippen LogP contribution < -0.4 is 4.74 Å². The van der Waals surface area contributed by atoms with E-state index in [0.29, 0.717) is 35.8 Å². The van der Waals surface area contributed by atoms with Crippen molar-refractivity contribution in [3.63, 3.8) is 0 Å². The minimum Gasteiger partial charge on any atom is -0.486 e. The number of halogens is 2. The van der Waals surface area contributed by atoms with Crippen LogP contribution in [0.4, 0.5) is 4.39 Å². The molecule has 0 radical (unpaired) electrons. The molecule has 0 amide bonds. The quantitative estimate of drug-likeness (QED) is 0.321. The lowest BCUT2D eigenvalue weighted by atomic mass is 9.98. The highest BCUT2D eigenvalue weighted by Gasteiger charge is 2.39. The first-order chi connectivity index (χ1) is 15.4. The van der Waals surface area contributed by atoms with Crippen molar-refractivity contribution in [1.29, 1.82) is 0 Å². The first-order valence-electron chi connectivity index (χ1n) is 10.5. The van der Waals surface area contributed by atoms with Crippen molar-refractivity contribution >= 4 is 27.0 Å². The molecule has 32 heavy (non-hydrogen) atoms. The largest absolute Gasteiger partial charge is 0.486 e. The molecule has 2 aromatic carbocycles. The van der Waals surface area contributed by atoms with Crippen molar-refractivity contribution in [3.05, 3.63) is 75.8 Å². The molecule has 0 N–H and O–H groups in total. The Kier molecular flexibility index (Phi) is 5.26. The molecule has 0 saturated carbocycles. The van der Waals surface area contributed by atoms with Gasteiger partial charge in [0.1, 0.15) is 17.0 Å². The molecule has 1 fully saturated rings. The van der Waals surface area contributed by atoms with Crippen molar-refractivity contribution in [2.24, 2.45) is 0 Å². The van der Waals surface area contributed by atoms with Crippen LogP contribution in [0.5, 0.6) is 5.75 Å². The summed E-state index contributed by atoms with van der Waals surface area (Å²) in [5, 5.41) is 0. The van der Waals surface area contributed by atoms with Crippen LogP contribution in [0.25, 0.3) is 22.4 Å². The standard InChI is InChI=1S/C25H23BrFN3O2/c1-15-9-18(22(27)23(16(15)2)32-12-17-7-5-4-6-8-17)24-29-19-10-21(26)28-11-20(19)30(24)25(3)13-31-14-25/h4-11H,12-14H2,1-3H3. The number of aryl methyl sites for hydroxylation is 1. The second-order valence-electron chi connectivity index (χ2n) is 8.54. The van der Waals surface area contributed by atoms with E-state index in [0.717, 1.165) is 27.7 Å². The number of fused-ring (bicyclic) bond motifs is 1. The van der Waals surface area contributed by atoms with Gasteiger partial charge in [-0.3, -0.25) is 0 Å². The van der Waals surface area contributed by atoms with Crippen molar-refractivity contribution in [3.8, 4) is 17.1 Å². The van der Waals surface area contributed by atoms with Crippen LogP contribution in [0.3, 0.4) is 0 Å². The number of ether oxygens (including phenoxy) is 2. The number of aromatic nitrogens is 3. The normalized spacial score (nSPS) is 15.0. The van der Waals surface area contributed by atoms with E-state index in [9.17, 15) is 0 Å². The zero-order chi connectivity index (χ0) is 22.5. The fourth-order valence-electron chi connectivity index (χ4n) is 4.12. The van der Waals surface area contributed by atoms with Gasteiger partial charge in [0.2, 0.25) is 0 Å². The minimum absolute atomic E-state index is 0.261. The lowest BCUT2D eigenvalue weighted by molar-refractivity contribution is -0.0868. The van der Waals surface area contributed by atoms with E-state index in [1.807, 2.05) is 56.3 Å². The third-order valence-electron chi connectivity index (χ3n) is 6.07. The molecule has 164 valence electrons. The van der Waals surface area contributed by atoms with Crippen LogP contribution in [-0.4, -0.2) is 27.7 Å². The van der Waals surface area contributed by atoms with Crippen molar-refractivity contribution in [2.75, 3.05) is 13.2 Å². The Morgan fingerprint density at radius 2 is 1.94 bits per heavy atom. The topological polar surface area (TPSA) is 49.2 Å². The monoisotopic (exact) mass is 495 g/mol.